The monoisotopic (exact) mass is 273 g/mol. The lowest BCUT2D eigenvalue weighted by molar-refractivity contribution is 0.533. The fraction of sp³-hybridized carbons (Fsp3) is 0.667. The van der Waals surface area contributed by atoms with Crippen molar-refractivity contribution in [2.24, 2.45) is 5.92 Å². The molecule has 5 nitrogen and oxygen atoms in total. The molecule has 1 aromatic rings. The molecule has 20 heavy (non-hydrogen) atoms. The molecule has 0 amide bonds. The summed E-state index contributed by atoms with van der Waals surface area (Å²) in [5, 5.41) is 12.6. The van der Waals surface area contributed by atoms with E-state index in [-0.39, 0.29) is 0 Å². The van der Waals surface area contributed by atoms with Gasteiger partial charge in [-0.05, 0) is 38.3 Å². The maximum absolute atomic E-state index is 9.06. The number of nitrogens with zero attached hydrogens (tertiary/aromatic N) is 4. The predicted octanol–water partition coefficient (Wildman–Crippen LogP) is 1.87. The molecule has 1 aromatic heterocycles. The van der Waals surface area contributed by atoms with E-state index >= 15 is 0 Å². The Hall–Kier alpha value is -1.67. The predicted molar refractivity (Wildman–Crippen MR) is 79.6 cm³/mol. The first-order valence-corrected chi connectivity index (χ1v) is 7.32. The average Bonchev–Trinajstić information content (AvgIpc) is 2.89. The van der Waals surface area contributed by atoms with E-state index in [1.807, 2.05) is 6.92 Å². The molecule has 0 radical (unpaired) electrons. The zero-order valence-electron chi connectivity index (χ0n) is 12.6. The number of anilines is 1. The maximum Gasteiger partial charge on any atom is 0.226 e. The average molecular weight is 273 g/mol. The van der Waals surface area contributed by atoms with Crippen LogP contribution >= 0.6 is 0 Å². The van der Waals surface area contributed by atoms with Crippen LogP contribution in [0.1, 0.15) is 38.1 Å². The summed E-state index contributed by atoms with van der Waals surface area (Å²) in [6, 6.07) is 4.35. The van der Waals surface area contributed by atoms with Gasteiger partial charge in [-0.1, -0.05) is 13.8 Å². The van der Waals surface area contributed by atoms with Crippen LogP contribution in [-0.4, -0.2) is 35.6 Å². The fourth-order valence-corrected chi connectivity index (χ4v) is 2.61. The van der Waals surface area contributed by atoms with Crippen LogP contribution in [0.3, 0.4) is 0 Å². The molecular weight excluding hydrogens is 250 g/mol. The first-order valence-electron chi connectivity index (χ1n) is 7.32. The third-order valence-electron chi connectivity index (χ3n) is 3.43. The van der Waals surface area contributed by atoms with Crippen molar-refractivity contribution < 1.29 is 0 Å². The van der Waals surface area contributed by atoms with Crippen LogP contribution in [0.2, 0.25) is 0 Å². The summed E-state index contributed by atoms with van der Waals surface area (Å²) in [6.07, 6.45) is 2.43. The fourth-order valence-electron chi connectivity index (χ4n) is 2.61. The molecule has 5 heteroatoms. The molecular formula is C15H23N5. The lowest BCUT2D eigenvalue weighted by Crippen LogP contribution is -2.40. The first kappa shape index (κ1) is 14.7. The van der Waals surface area contributed by atoms with Crippen LogP contribution in [-0.2, 0) is 0 Å². The highest BCUT2D eigenvalue weighted by atomic mass is 15.3. The minimum Gasteiger partial charge on any atom is -0.339 e. The van der Waals surface area contributed by atoms with Crippen LogP contribution in [0.25, 0.3) is 0 Å². The molecule has 0 spiro atoms. The molecule has 0 saturated carbocycles. The minimum atomic E-state index is 0.445. The third-order valence-corrected chi connectivity index (χ3v) is 3.43. The molecule has 0 aliphatic carbocycles. The Bertz CT molecular complexity index is 486. The van der Waals surface area contributed by atoms with Gasteiger partial charge >= 0.3 is 0 Å². The number of aromatic nitrogens is 2. The summed E-state index contributed by atoms with van der Waals surface area (Å²) in [5.41, 5.74) is 1.29. The molecule has 1 atom stereocenters. The van der Waals surface area contributed by atoms with Crippen molar-refractivity contribution in [3.63, 3.8) is 0 Å². The highest BCUT2D eigenvalue weighted by Gasteiger charge is 2.21. The summed E-state index contributed by atoms with van der Waals surface area (Å²) in [5.74, 6) is 1.22. The van der Waals surface area contributed by atoms with E-state index in [1.165, 1.54) is 12.8 Å². The van der Waals surface area contributed by atoms with E-state index in [9.17, 15) is 0 Å². The molecule has 108 valence electrons. The Morgan fingerprint density at radius 2 is 2.30 bits per heavy atom. The Balaban J connectivity index is 2.20. The smallest absolute Gasteiger partial charge is 0.226 e. The van der Waals surface area contributed by atoms with Gasteiger partial charge in [-0.15, -0.1) is 0 Å². The number of hydrogen-bond acceptors (Lipinski definition) is 5. The van der Waals surface area contributed by atoms with E-state index in [4.69, 9.17) is 5.26 Å². The van der Waals surface area contributed by atoms with Crippen LogP contribution in [0.4, 0.5) is 5.95 Å². The molecule has 0 bridgehead atoms. The van der Waals surface area contributed by atoms with Gasteiger partial charge in [-0.3, -0.25) is 0 Å². The first-order chi connectivity index (χ1) is 9.58. The summed E-state index contributed by atoms with van der Waals surface area (Å²) in [7, 11) is 0. The zero-order valence-corrected chi connectivity index (χ0v) is 12.6. The molecule has 1 saturated heterocycles. The molecule has 1 aliphatic rings. The minimum absolute atomic E-state index is 0.445. The zero-order chi connectivity index (χ0) is 14.5. The van der Waals surface area contributed by atoms with Gasteiger partial charge < -0.3 is 10.2 Å². The van der Waals surface area contributed by atoms with Crippen molar-refractivity contribution in [2.45, 2.75) is 39.7 Å². The van der Waals surface area contributed by atoms with Crippen LogP contribution in [0.5, 0.6) is 0 Å². The molecule has 1 N–H and O–H groups in total. The van der Waals surface area contributed by atoms with Gasteiger partial charge in [-0.2, -0.15) is 5.26 Å². The number of nitrogens with one attached hydrogen (secondary N) is 1. The number of rotatable bonds is 5. The van der Waals surface area contributed by atoms with Gasteiger partial charge in [0.15, 0.2) is 0 Å². The molecule has 1 aliphatic heterocycles. The van der Waals surface area contributed by atoms with Gasteiger partial charge in [0.25, 0.3) is 0 Å². The summed E-state index contributed by atoms with van der Waals surface area (Å²) in [4.78, 5) is 11.1. The molecule has 1 unspecified atom stereocenters. The normalized spacial score (nSPS) is 18.2. The molecule has 0 aromatic carbocycles. The van der Waals surface area contributed by atoms with Crippen molar-refractivity contribution in [3.8, 4) is 6.07 Å². The Morgan fingerprint density at radius 1 is 1.50 bits per heavy atom. The molecule has 2 rings (SSSR count). The largest absolute Gasteiger partial charge is 0.339 e. The van der Waals surface area contributed by atoms with Gasteiger partial charge in [0.1, 0.15) is 11.8 Å². The van der Waals surface area contributed by atoms with E-state index in [2.05, 4.69) is 40.1 Å². The van der Waals surface area contributed by atoms with Crippen molar-refractivity contribution in [2.75, 3.05) is 24.5 Å². The van der Waals surface area contributed by atoms with Crippen LogP contribution < -0.4 is 10.2 Å². The second-order valence-electron chi connectivity index (χ2n) is 5.90. The third kappa shape index (κ3) is 3.91. The van der Waals surface area contributed by atoms with Crippen LogP contribution in [0.15, 0.2) is 6.07 Å². The summed E-state index contributed by atoms with van der Waals surface area (Å²) >= 11 is 0. The standard InChI is InChI=1S/C15H23N5/c1-11(2)9-20(10-13-5-4-6-17-13)15-18-12(3)7-14(8-16)19-15/h7,11,13,17H,4-6,9-10H2,1-3H3. The highest BCUT2D eigenvalue weighted by Crippen LogP contribution is 2.15. The Kier molecular flexibility index (Phi) is 4.91. The van der Waals surface area contributed by atoms with Gasteiger partial charge in [0.2, 0.25) is 5.95 Å². The van der Waals surface area contributed by atoms with Crippen molar-refractivity contribution in [1.29, 1.82) is 5.26 Å². The Morgan fingerprint density at radius 3 is 2.90 bits per heavy atom. The summed E-state index contributed by atoms with van der Waals surface area (Å²) < 4.78 is 0. The quantitative estimate of drug-likeness (QED) is 0.887. The Labute approximate surface area is 121 Å². The van der Waals surface area contributed by atoms with Gasteiger partial charge in [-0.25, -0.2) is 9.97 Å². The lowest BCUT2D eigenvalue weighted by atomic mass is 10.1. The highest BCUT2D eigenvalue weighted by molar-refractivity contribution is 5.36. The van der Waals surface area contributed by atoms with Crippen molar-refractivity contribution in [3.05, 3.63) is 17.5 Å². The number of nitriles is 1. The van der Waals surface area contributed by atoms with E-state index in [0.717, 1.165) is 25.3 Å². The second-order valence-corrected chi connectivity index (χ2v) is 5.90. The molecule has 2 heterocycles. The topological polar surface area (TPSA) is 64.8 Å². The lowest BCUT2D eigenvalue weighted by Gasteiger charge is -2.27. The van der Waals surface area contributed by atoms with Crippen molar-refractivity contribution in [1.82, 2.24) is 15.3 Å². The van der Waals surface area contributed by atoms with E-state index in [1.54, 1.807) is 6.07 Å². The summed E-state index contributed by atoms with van der Waals surface area (Å²) in [6.45, 7) is 9.21. The van der Waals surface area contributed by atoms with Crippen molar-refractivity contribution >= 4 is 5.95 Å². The second kappa shape index (κ2) is 6.67. The maximum atomic E-state index is 9.06. The van der Waals surface area contributed by atoms with E-state index in [0.29, 0.717) is 23.6 Å². The SMILES string of the molecule is Cc1cc(C#N)nc(N(CC(C)C)CC2CCCN2)n1. The number of hydrogen-bond donors (Lipinski definition) is 1. The van der Waals surface area contributed by atoms with E-state index < -0.39 is 0 Å². The van der Waals surface area contributed by atoms with Gasteiger partial charge in [0, 0.05) is 24.8 Å². The molecule has 1 fully saturated rings. The van der Waals surface area contributed by atoms with Crippen LogP contribution in [0, 0.1) is 24.2 Å². The van der Waals surface area contributed by atoms with Gasteiger partial charge in [0.05, 0.1) is 0 Å². The number of aryl methyl sites for hydroxylation is 1.